The maximum atomic E-state index is 12.7. The van der Waals surface area contributed by atoms with Gasteiger partial charge in [-0.15, -0.1) is 0 Å². The summed E-state index contributed by atoms with van der Waals surface area (Å²) in [5, 5.41) is 6.76. The molecule has 0 heterocycles. The van der Waals surface area contributed by atoms with Gasteiger partial charge < -0.3 is 19.5 Å². The Morgan fingerprint density at radius 1 is 0.968 bits per heavy atom. The lowest BCUT2D eigenvalue weighted by Gasteiger charge is -2.18. The molecule has 2 aromatic rings. The summed E-state index contributed by atoms with van der Waals surface area (Å²) in [5.41, 5.74) is 3.69. The van der Waals surface area contributed by atoms with Crippen LogP contribution in [0.3, 0.4) is 0 Å². The number of carbonyl (C=O) groups is 2. The molecule has 0 aromatic heterocycles. The second-order valence-electron chi connectivity index (χ2n) is 6.90. The van der Waals surface area contributed by atoms with E-state index < -0.39 is 17.7 Å². The highest BCUT2D eigenvalue weighted by Gasteiger charge is 2.30. The fraction of sp³-hybridized carbons (Fsp3) is 0.318. The molecular formula is C22H26BrN3O5. The van der Waals surface area contributed by atoms with E-state index in [1.807, 2.05) is 0 Å². The molecule has 0 saturated carbocycles. The lowest BCUT2D eigenvalue weighted by atomic mass is 9.94. The first-order chi connectivity index (χ1) is 14.8. The van der Waals surface area contributed by atoms with Gasteiger partial charge in [0.25, 0.3) is 5.91 Å². The van der Waals surface area contributed by atoms with E-state index in [1.165, 1.54) is 13.3 Å². The Morgan fingerprint density at radius 3 is 2.13 bits per heavy atom. The van der Waals surface area contributed by atoms with Gasteiger partial charge in [-0.3, -0.25) is 9.59 Å². The van der Waals surface area contributed by atoms with Crippen LogP contribution < -0.4 is 25.0 Å². The Balaban J connectivity index is 2.09. The molecule has 0 bridgehead atoms. The standard InChI is InChI=1S/C22H26BrN3O5/c1-13(2)20(21(27)25-15-6-8-16(29-3)9-7-15)22(28)26-24-12-14-10-18(30-4)19(31-5)11-17(14)23/h6-13,20H,1-5H3,(H,25,27)(H,26,28). The number of benzene rings is 2. The maximum absolute atomic E-state index is 12.7. The fourth-order valence-corrected chi connectivity index (χ4v) is 3.25. The molecule has 0 saturated heterocycles. The van der Waals surface area contributed by atoms with Crippen molar-refractivity contribution in [3.8, 4) is 17.2 Å². The average Bonchev–Trinajstić information content (AvgIpc) is 2.74. The van der Waals surface area contributed by atoms with Crippen LogP contribution in [0.1, 0.15) is 19.4 Å². The average molecular weight is 492 g/mol. The summed E-state index contributed by atoms with van der Waals surface area (Å²) in [4.78, 5) is 25.4. The van der Waals surface area contributed by atoms with Crippen LogP contribution in [0.25, 0.3) is 0 Å². The van der Waals surface area contributed by atoms with Crippen molar-refractivity contribution in [1.82, 2.24) is 5.43 Å². The number of amides is 2. The number of methoxy groups -OCH3 is 3. The summed E-state index contributed by atoms with van der Waals surface area (Å²) in [5.74, 6) is -0.321. The Morgan fingerprint density at radius 2 is 1.58 bits per heavy atom. The molecular weight excluding hydrogens is 466 g/mol. The maximum Gasteiger partial charge on any atom is 0.252 e. The second kappa shape index (κ2) is 11.4. The molecule has 2 aromatic carbocycles. The zero-order valence-corrected chi connectivity index (χ0v) is 19.6. The number of nitrogens with one attached hydrogen (secondary N) is 2. The first kappa shape index (κ1) is 24.2. The van der Waals surface area contributed by atoms with E-state index in [1.54, 1.807) is 64.5 Å². The minimum absolute atomic E-state index is 0.235. The van der Waals surface area contributed by atoms with Crippen molar-refractivity contribution >= 4 is 39.6 Å². The van der Waals surface area contributed by atoms with Gasteiger partial charge in [-0.2, -0.15) is 5.10 Å². The quantitative estimate of drug-likeness (QED) is 0.315. The van der Waals surface area contributed by atoms with Crippen molar-refractivity contribution in [2.24, 2.45) is 16.9 Å². The van der Waals surface area contributed by atoms with Crippen LogP contribution in [0.4, 0.5) is 5.69 Å². The minimum Gasteiger partial charge on any atom is -0.497 e. The Kier molecular flexibility index (Phi) is 8.87. The summed E-state index contributed by atoms with van der Waals surface area (Å²) in [6, 6.07) is 10.3. The summed E-state index contributed by atoms with van der Waals surface area (Å²) in [6.45, 7) is 3.60. The molecule has 9 heteroatoms. The number of anilines is 1. The highest BCUT2D eigenvalue weighted by molar-refractivity contribution is 9.10. The monoisotopic (exact) mass is 491 g/mol. The van der Waals surface area contributed by atoms with Crippen molar-refractivity contribution in [3.05, 3.63) is 46.4 Å². The summed E-state index contributed by atoms with van der Waals surface area (Å²) < 4.78 is 16.3. The van der Waals surface area contributed by atoms with Crippen LogP contribution in [0, 0.1) is 11.8 Å². The minimum atomic E-state index is -0.923. The number of halogens is 1. The lowest BCUT2D eigenvalue weighted by Crippen LogP contribution is -2.39. The number of hydrogen-bond donors (Lipinski definition) is 2. The van der Waals surface area contributed by atoms with E-state index in [2.05, 4.69) is 31.8 Å². The van der Waals surface area contributed by atoms with Crippen LogP contribution >= 0.6 is 15.9 Å². The zero-order chi connectivity index (χ0) is 23.0. The van der Waals surface area contributed by atoms with Gasteiger partial charge >= 0.3 is 0 Å². The van der Waals surface area contributed by atoms with E-state index in [0.717, 1.165) is 0 Å². The third-order valence-corrected chi connectivity index (χ3v) is 5.16. The van der Waals surface area contributed by atoms with Gasteiger partial charge in [0.05, 0.1) is 27.5 Å². The molecule has 0 aliphatic carbocycles. The Hall–Kier alpha value is -3.07. The van der Waals surface area contributed by atoms with Crippen LogP contribution in [0.2, 0.25) is 0 Å². The zero-order valence-electron chi connectivity index (χ0n) is 18.1. The molecule has 8 nitrogen and oxygen atoms in total. The molecule has 0 fully saturated rings. The molecule has 0 aliphatic rings. The third-order valence-electron chi connectivity index (χ3n) is 4.47. The largest absolute Gasteiger partial charge is 0.497 e. The molecule has 2 amide bonds. The number of hydrogen-bond acceptors (Lipinski definition) is 6. The van der Waals surface area contributed by atoms with E-state index >= 15 is 0 Å². The van der Waals surface area contributed by atoms with Gasteiger partial charge in [-0.05, 0) is 58.2 Å². The van der Waals surface area contributed by atoms with Gasteiger partial charge in [-0.25, -0.2) is 5.43 Å². The highest BCUT2D eigenvalue weighted by atomic mass is 79.9. The Bertz CT molecular complexity index is 945. The highest BCUT2D eigenvalue weighted by Crippen LogP contribution is 2.32. The van der Waals surface area contributed by atoms with Gasteiger partial charge in [-0.1, -0.05) is 13.8 Å². The molecule has 1 atom stereocenters. The lowest BCUT2D eigenvalue weighted by molar-refractivity contribution is -0.134. The van der Waals surface area contributed by atoms with E-state index in [-0.39, 0.29) is 5.92 Å². The van der Waals surface area contributed by atoms with Gasteiger partial charge in [0.2, 0.25) is 5.91 Å². The first-order valence-corrected chi connectivity index (χ1v) is 10.3. The molecule has 0 spiro atoms. The number of ether oxygens (including phenoxy) is 3. The topological polar surface area (TPSA) is 98.2 Å². The Labute approximate surface area is 190 Å². The molecule has 31 heavy (non-hydrogen) atoms. The van der Waals surface area contributed by atoms with Gasteiger partial charge in [0.15, 0.2) is 11.5 Å². The first-order valence-electron chi connectivity index (χ1n) is 9.50. The summed E-state index contributed by atoms with van der Waals surface area (Å²) >= 11 is 3.43. The number of nitrogens with zero attached hydrogens (tertiary/aromatic N) is 1. The van der Waals surface area contributed by atoms with E-state index in [0.29, 0.717) is 33.0 Å². The van der Waals surface area contributed by atoms with Crippen molar-refractivity contribution in [3.63, 3.8) is 0 Å². The van der Waals surface area contributed by atoms with Gasteiger partial charge in [0.1, 0.15) is 11.7 Å². The number of rotatable bonds is 9. The SMILES string of the molecule is COc1ccc(NC(=O)C(C(=O)NN=Cc2cc(OC)c(OC)cc2Br)C(C)C)cc1. The van der Waals surface area contributed by atoms with Gasteiger partial charge in [0, 0.05) is 15.7 Å². The third kappa shape index (κ3) is 6.45. The van der Waals surface area contributed by atoms with Crippen LogP contribution in [-0.4, -0.2) is 39.4 Å². The van der Waals surface area contributed by atoms with Crippen molar-refractivity contribution in [2.75, 3.05) is 26.6 Å². The fourth-order valence-electron chi connectivity index (χ4n) is 2.82. The second-order valence-corrected chi connectivity index (χ2v) is 7.76. The predicted molar refractivity (Wildman–Crippen MR) is 123 cm³/mol. The van der Waals surface area contributed by atoms with E-state index in [4.69, 9.17) is 14.2 Å². The van der Waals surface area contributed by atoms with Crippen molar-refractivity contribution in [2.45, 2.75) is 13.8 Å². The molecule has 2 N–H and O–H groups in total. The summed E-state index contributed by atoms with van der Waals surface area (Å²) in [6.07, 6.45) is 1.46. The molecule has 0 radical (unpaired) electrons. The smallest absolute Gasteiger partial charge is 0.252 e. The predicted octanol–water partition coefficient (Wildman–Crippen LogP) is 3.84. The van der Waals surface area contributed by atoms with Crippen molar-refractivity contribution in [1.29, 1.82) is 0 Å². The van der Waals surface area contributed by atoms with Crippen molar-refractivity contribution < 1.29 is 23.8 Å². The number of hydrazone groups is 1. The number of carbonyl (C=O) groups excluding carboxylic acids is 2. The van der Waals surface area contributed by atoms with Crippen LogP contribution in [-0.2, 0) is 9.59 Å². The van der Waals surface area contributed by atoms with E-state index in [9.17, 15) is 9.59 Å². The molecule has 2 rings (SSSR count). The molecule has 1 unspecified atom stereocenters. The summed E-state index contributed by atoms with van der Waals surface area (Å²) in [7, 11) is 4.64. The molecule has 0 aliphatic heterocycles. The van der Waals surface area contributed by atoms with Crippen LogP contribution in [0.15, 0.2) is 46.0 Å². The van der Waals surface area contributed by atoms with Crippen LogP contribution in [0.5, 0.6) is 17.2 Å². The molecule has 166 valence electrons. The normalized spacial score (nSPS) is 11.8.